The number of thiol groups is 1. The molecule has 1 aromatic carbocycles. The molecule has 0 aliphatic rings. The lowest BCUT2D eigenvalue weighted by molar-refractivity contribution is 1.37. The van der Waals surface area contributed by atoms with Gasteiger partial charge in [0.2, 0.25) is 0 Å². The van der Waals surface area contributed by atoms with Gasteiger partial charge in [-0.15, -0.1) is 11.6 Å². The van der Waals surface area contributed by atoms with Gasteiger partial charge in [-0.2, -0.15) is 12.6 Å². The zero-order chi connectivity index (χ0) is 8.81. The molecular formula is C10H9ClS. The molecule has 12 heavy (non-hydrogen) atoms. The van der Waals surface area contributed by atoms with Crippen molar-refractivity contribution in [2.75, 3.05) is 5.75 Å². The Balaban J connectivity index is 2.97. The van der Waals surface area contributed by atoms with E-state index in [0.29, 0.717) is 11.6 Å². The van der Waals surface area contributed by atoms with Crippen LogP contribution in [0.3, 0.4) is 0 Å². The topological polar surface area (TPSA) is 0 Å². The average Bonchev–Trinajstić information content (AvgIpc) is 2.15. The third kappa shape index (κ3) is 2.48. The largest absolute Gasteiger partial charge is 0.166 e. The van der Waals surface area contributed by atoms with Gasteiger partial charge in [0.15, 0.2) is 0 Å². The fraction of sp³-hybridized carbons (Fsp3) is 0.200. The number of benzene rings is 1. The summed E-state index contributed by atoms with van der Waals surface area (Å²) in [6, 6.07) is 7.87. The molecule has 0 nitrogen and oxygen atoms in total. The molecule has 0 aromatic heterocycles. The minimum Gasteiger partial charge on any atom is -0.166 e. The highest BCUT2D eigenvalue weighted by atomic mass is 35.5. The Kier molecular flexibility index (Phi) is 4.07. The number of halogens is 1. The van der Waals surface area contributed by atoms with Crippen molar-refractivity contribution >= 4 is 24.2 Å². The van der Waals surface area contributed by atoms with Crippen LogP contribution in [0.5, 0.6) is 0 Å². The van der Waals surface area contributed by atoms with Crippen LogP contribution >= 0.6 is 24.2 Å². The molecule has 1 rings (SSSR count). The lowest BCUT2D eigenvalue weighted by Crippen LogP contribution is -1.84. The normalized spacial score (nSPS) is 8.83. The van der Waals surface area contributed by atoms with Crippen molar-refractivity contribution in [1.82, 2.24) is 0 Å². The first kappa shape index (κ1) is 9.51. The maximum Gasteiger partial charge on any atom is 0.0521 e. The van der Waals surface area contributed by atoms with Crippen LogP contribution in [0.25, 0.3) is 0 Å². The summed E-state index contributed by atoms with van der Waals surface area (Å²) in [5.41, 5.74) is 2.08. The predicted molar refractivity (Wildman–Crippen MR) is 56.7 cm³/mol. The highest BCUT2D eigenvalue weighted by Gasteiger charge is 1.94. The van der Waals surface area contributed by atoms with Crippen molar-refractivity contribution < 1.29 is 0 Å². The van der Waals surface area contributed by atoms with Crippen molar-refractivity contribution in [3.8, 4) is 11.8 Å². The molecule has 0 aliphatic carbocycles. The number of hydrogen-bond donors (Lipinski definition) is 1. The molecule has 0 atom stereocenters. The van der Waals surface area contributed by atoms with Crippen molar-refractivity contribution in [2.45, 2.75) is 5.88 Å². The Labute approximate surface area is 83.3 Å². The zero-order valence-corrected chi connectivity index (χ0v) is 8.20. The minimum atomic E-state index is 0.511. The van der Waals surface area contributed by atoms with Crippen LogP contribution in [0.4, 0.5) is 0 Å². The quantitative estimate of drug-likeness (QED) is 0.399. The molecule has 1 aromatic rings. The second kappa shape index (κ2) is 5.13. The molecule has 0 amide bonds. The van der Waals surface area contributed by atoms with E-state index >= 15 is 0 Å². The maximum atomic E-state index is 5.72. The van der Waals surface area contributed by atoms with Crippen LogP contribution in [0.15, 0.2) is 24.3 Å². The van der Waals surface area contributed by atoms with E-state index in [-0.39, 0.29) is 0 Å². The van der Waals surface area contributed by atoms with Gasteiger partial charge in [-0.1, -0.05) is 30.0 Å². The SMILES string of the molecule is SCC#Cc1ccccc1CCl. The van der Waals surface area contributed by atoms with Crippen molar-refractivity contribution in [2.24, 2.45) is 0 Å². The summed E-state index contributed by atoms with van der Waals surface area (Å²) in [7, 11) is 0. The Morgan fingerprint density at radius 3 is 2.75 bits per heavy atom. The van der Waals surface area contributed by atoms with Crippen molar-refractivity contribution in [3.05, 3.63) is 35.4 Å². The van der Waals surface area contributed by atoms with Crippen LogP contribution in [0, 0.1) is 11.8 Å². The first-order valence-corrected chi connectivity index (χ1v) is 4.78. The molecule has 0 unspecified atom stereocenters. The Hall–Kier alpha value is -0.580. The van der Waals surface area contributed by atoms with Crippen LogP contribution in [-0.2, 0) is 5.88 Å². The maximum absolute atomic E-state index is 5.72. The summed E-state index contributed by atoms with van der Waals surface area (Å²) in [6.07, 6.45) is 0. The monoisotopic (exact) mass is 196 g/mol. The van der Waals surface area contributed by atoms with E-state index in [1.807, 2.05) is 24.3 Å². The highest BCUT2D eigenvalue weighted by molar-refractivity contribution is 7.80. The van der Waals surface area contributed by atoms with E-state index in [4.69, 9.17) is 11.6 Å². The summed E-state index contributed by atoms with van der Waals surface area (Å²) < 4.78 is 0. The van der Waals surface area contributed by atoms with Gasteiger partial charge < -0.3 is 0 Å². The van der Waals surface area contributed by atoms with Gasteiger partial charge in [0, 0.05) is 11.4 Å². The van der Waals surface area contributed by atoms with E-state index in [2.05, 4.69) is 24.5 Å². The molecule has 0 spiro atoms. The highest BCUT2D eigenvalue weighted by Crippen LogP contribution is 2.09. The molecule has 0 saturated heterocycles. The van der Waals surface area contributed by atoms with Gasteiger partial charge in [-0.05, 0) is 11.6 Å². The number of rotatable bonds is 1. The lowest BCUT2D eigenvalue weighted by Gasteiger charge is -1.97. The molecule has 0 bridgehead atoms. The predicted octanol–water partition coefficient (Wildman–Crippen LogP) is 2.71. The fourth-order valence-electron chi connectivity index (χ4n) is 0.894. The van der Waals surface area contributed by atoms with Crippen LogP contribution < -0.4 is 0 Å². The van der Waals surface area contributed by atoms with Crippen molar-refractivity contribution in [3.63, 3.8) is 0 Å². The molecule has 0 heterocycles. The molecule has 0 radical (unpaired) electrons. The second-order valence-electron chi connectivity index (χ2n) is 2.25. The number of alkyl halides is 1. The summed E-state index contributed by atoms with van der Waals surface area (Å²) in [6.45, 7) is 0. The molecule has 0 saturated carbocycles. The first-order chi connectivity index (χ1) is 5.88. The van der Waals surface area contributed by atoms with E-state index in [1.54, 1.807) is 0 Å². The second-order valence-corrected chi connectivity index (χ2v) is 2.83. The molecular weight excluding hydrogens is 188 g/mol. The third-order valence-corrected chi connectivity index (χ3v) is 1.91. The van der Waals surface area contributed by atoms with Gasteiger partial charge in [0.05, 0.1) is 5.75 Å². The minimum absolute atomic E-state index is 0.511. The van der Waals surface area contributed by atoms with E-state index in [0.717, 1.165) is 11.1 Å². The van der Waals surface area contributed by atoms with Gasteiger partial charge in [0.1, 0.15) is 0 Å². The smallest absolute Gasteiger partial charge is 0.0521 e. The fourth-order valence-corrected chi connectivity index (χ4v) is 1.21. The van der Waals surface area contributed by atoms with E-state index < -0.39 is 0 Å². The Morgan fingerprint density at radius 1 is 1.33 bits per heavy atom. The Bertz CT molecular complexity index is 309. The van der Waals surface area contributed by atoms with Gasteiger partial charge in [0.25, 0.3) is 0 Å². The Morgan fingerprint density at radius 2 is 2.08 bits per heavy atom. The molecule has 0 fully saturated rings. The molecule has 0 N–H and O–H groups in total. The van der Waals surface area contributed by atoms with Crippen LogP contribution in [-0.4, -0.2) is 5.75 Å². The van der Waals surface area contributed by atoms with E-state index in [1.165, 1.54) is 0 Å². The molecule has 0 aliphatic heterocycles. The molecule has 2 heteroatoms. The van der Waals surface area contributed by atoms with Crippen molar-refractivity contribution in [1.29, 1.82) is 0 Å². The number of hydrogen-bond acceptors (Lipinski definition) is 1. The third-order valence-electron chi connectivity index (χ3n) is 1.46. The van der Waals surface area contributed by atoms with Gasteiger partial charge in [-0.3, -0.25) is 0 Å². The van der Waals surface area contributed by atoms with Gasteiger partial charge in [-0.25, -0.2) is 0 Å². The molecule has 62 valence electrons. The van der Waals surface area contributed by atoms with Gasteiger partial charge >= 0.3 is 0 Å². The summed E-state index contributed by atoms with van der Waals surface area (Å²) in [5, 5.41) is 0. The standard InChI is InChI=1S/C10H9ClS/c11-8-10-5-2-1-4-9(10)6-3-7-12/h1-2,4-5,12H,7-8H2. The first-order valence-electron chi connectivity index (χ1n) is 3.62. The van der Waals surface area contributed by atoms with Crippen LogP contribution in [0.1, 0.15) is 11.1 Å². The summed E-state index contributed by atoms with van der Waals surface area (Å²) in [5.74, 6) is 6.99. The average molecular weight is 197 g/mol. The van der Waals surface area contributed by atoms with Crippen LogP contribution in [0.2, 0.25) is 0 Å². The lowest BCUT2D eigenvalue weighted by atomic mass is 10.1. The zero-order valence-electron chi connectivity index (χ0n) is 6.55. The summed E-state index contributed by atoms with van der Waals surface area (Å²) >= 11 is 9.73. The van der Waals surface area contributed by atoms with E-state index in [9.17, 15) is 0 Å². The summed E-state index contributed by atoms with van der Waals surface area (Å²) in [4.78, 5) is 0.